The van der Waals surface area contributed by atoms with Gasteiger partial charge in [0.25, 0.3) is 0 Å². The van der Waals surface area contributed by atoms with E-state index in [1.165, 1.54) is 0 Å². The predicted molar refractivity (Wildman–Crippen MR) is 102 cm³/mol. The second kappa shape index (κ2) is 6.95. The monoisotopic (exact) mass is 362 g/mol. The topological polar surface area (TPSA) is 93.0 Å². The third-order valence-electron chi connectivity index (χ3n) is 4.28. The zero-order valence-electron chi connectivity index (χ0n) is 14.9. The molecule has 4 rings (SSSR count). The first-order valence-electron chi connectivity index (χ1n) is 8.46. The number of nitrogens with zero attached hydrogens (tertiary/aromatic N) is 2. The van der Waals surface area contributed by atoms with Gasteiger partial charge in [0, 0.05) is 11.1 Å². The summed E-state index contributed by atoms with van der Waals surface area (Å²) in [6.07, 6.45) is 1.85. The number of fused-ring (bicyclic) bond motifs is 1. The standard InChI is InChI=1S/C20H18N4O3/c1-12-16(23-20(27-12)15-5-3-4-6-18(15)26-2)10-19(25)22-14-8-7-13-11-21-24-17(13)9-14/h3-9,11H,10H2,1-2H3,(H,21,24)(H,22,25). The van der Waals surface area contributed by atoms with Crippen LogP contribution in [0.2, 0.25) is 0 Å². The van der Waals surface area contributed by atoms with E-state index in [2.05, 4.69) is 20.5 Å². The number of amides is 1. The normalized spacial score (nSPS) is 10.9. The first-order chi connectivity index (χ1) is 13.1. The van der Waals surface area contributed by atoms with Crippen molar-refractivity contribution in [2.24, 2.45) is 0 Å². The number of aryl methyl sites for hydroxylation is 1. The molecule has 0 atom stereocenters. The smallest absolute Gasteiger partial charge is 0.230 e. The third kappa shape index (κ3) is 3.39. The summed E-state index contributed by atoms with van der Waals surface area (Å²) in [7, 11) is 1.60. The van der Waals surface area contributed by atoms with E-state index in [1.807, 2.05) is 42.5 Å². The first kappa shape index (κ1) is 16.8. The average molecular weight is 362 g/mol. The fraction of sp³-hybridized carbons (Fsp3) is 0.150. The molecule has 0 saturated heterocycles. The zero-order chi connectivity index (χ0) is 18.8. The Morgan fingerprint density at radius 1 is 1.26 bits per heavy atom. The molecule has 0 fully saturated rings. The summed E-state index contributed by atoms with van der Waals surface area (Å²) in [4.78, 5) is 16.9. The fourth-order valence-electron chi connectivity index (χ4n) is 2.90. The van der Waals surface area contributed by atoms with E-state index in [0.717, 1.165) is 16.5 Å². The van der Waals surface area contributed by atoms with Gasteiger partial charge in [-0.1, -0.05) is 12.1 Å². The van der Waals surface area contributed by atoms with Gasteiger partial charge in [-0.25, -0.2) is 4.98 Å². The highest BCUT2D eigenvalue weighted by atomic mass is 16.5. The summed E-state index contributed by atoms with van der Waals surface area (Å²) in [5.74, 6) is 1.54. The second-order valence-electron chi connectivity index (χ2n) is 6.12. The molecule has 0 unspecified atom stereocenters. The lowest BCUT2D eigenvalue weighted by Crippen LogP contribution is -2.15. The molecule has 2 N–H and O–H groups in total. The summed E-state index contributed by atoms with van der Waals surface area (Å²) in [5, 5.41) is 10.7. The molecule has 0 aliphatic rings. The molecule has 27 heavy (non-hydrogen) atoms. The highest BCUT2D eigenvalue weighted by molar-refractivity contribution is 5.94. The number of methoxy groups -OCH3 is 1. The Morgan fingerprint density at radius 3 is 2.96 bits per heavy atom. The molecule has 0 bridgehead atoms. The van der Waals surface area contributed by atoms with Gasteiger partial charge in [-0.15, -0.1) is 0 Å². The van der Waals surface area contributed by atoms with Crippen molar-refractivity contribution in [3.63, 3.8) is 0 Å². The molecule has 7 nitrogen and oxygen atoms in total. The van der Waals surface area contributed by atoms with Crippen LogP contribution in [0.1, 0.15) is 11.5 Å². The van der Waals surface area contributed by atoms with Crippen molar-refractivity contribution in [3.05, 3.63) is 60.1 Å². The van der Waals surface area contributed by atoms with Crippen LogP contribution in [0, 0.1) is 6.92 Å². The maximum absolute atomic E-state index is 12.4. The number of carbonyl (C=O) groups excluding carboxylic acids is 1. The van der Waals surface area contributed by atoms with Gasteiger partial charge < -0.3 is 14.5 Å². The highest BCUT2D eigenvalue weighted by Crippen LogP contribution is 2.30. The maximum Gasteiger partial charge on any atom is 0.230 e. The Kier molecular flexibility index (Phi) is 4.33. The van der Waals surface area contributed by atoms with Crippen molar-refractivity contribution in [2.75, 3.05) is 12.4 Å². The van der Waals surface area contributed by atoms with E-state index >= 15 is 0 Å². The largest absolute Gasteiger partial charge is 0.496 e. The van der Waals surface area contributed by atoms with Gasteiger partial charge in [-0.2, -0.15) is 5.10 Å². The van der Waals surface area contributed by atoms with Crippen LogP contribution >= 0.6 is 0 Å². The molecule has 2 aromatic heterocycles. The lowest BCUT2D eigenvalue weighted by atomic mass is 10.2. The number of oxazole rings is 1. The van der Waals surface area contributed by atoms with Crippen molar-refractivity contribution in [3.8, 4) is 17.2 Å². The lowest BCUT2D eigenvalue weighted by Gasteiger charge is -2.04. The van der Waals surface area contributed by atoms with E-state index in [1.54, 1.807) is 20.2 Å². The third-order valence-corrected chi connectivity index (χ3v) is 4.28. The maximum atomic E-state index is 12.4. The van der Waals surface area contributed by atoms with E-state index < -0.39 is 0 Å². The molecule has 1 amide bonds. The van der Waals surface area contributed by atoms with Crippen molar-refractivity contribution in [2.45, 2.75) is 13.3 Å². The van der Waals surface area contributed by atoms with Crippen molar-refractivity contribution in [1.82, 2.24) is 15.2 Å². The van der Waals surface area contributed by atoms with E-state index in [9.17, 15) is 4.79 Å². The molecule has 7 heteroatoms. The Bertz CT molecular complexity index is 1110. The molecule has 0 spiro atoms. The van der Waals surface area contributed by atoms with Gasteiger partial charge in [0.05, 0.1) is 36.5 Å². The lowest BCUT2D eigenvalue weighted by molar-refractivity contribution is -0.115. The van der Waals surface area contributed by atoms with Crippen molar-refractivity contribution < 1.29 is 13.9 Å². The van der Waals surface area contributed by atoms with Gasteiger partial charge in [0.15, 0.2) is 0 Å². The number of carbonyl (C=O) groups is 1. The number of aromatic nitrogens is 3. The Labute approximate surface area is 155 Å². The molecule has 2 heterocycles. The quantitative estimate of drug-likeness (QED) is 0.564. The van der Waals surface area contributed by atoms with Crippen LogP contribution in [0.3, 0.4) is 0 Å². The molecule has 0 aliphatic heterocycles. The second-order valence-corrected chi connectivity index (χ2v) is 6.12. The van der Waals surface area contributed by atoms with Crippen LogP contribution in [-0.2, 0) is 11.2 Å². The van der Waals surface area contributed by atoms with Gasteiger partial charge in [0.1, 0.15) is 11.5 Å². The number of hydrogen-bond donors (Lipinski definition) is 2. The number of nitrogens with one attached hydrogen (secondary N) is 2. The summed E-state index contributed by atoms with van der Waals surface area (Å²) in [6.45, 7) is 1.80. The summed E-state index contributed by atoms with van der Waals surface area (Å²) in [5.41, 5.74) is 2.90. The van der Waals surface area contributed by atoms with Crippen molar-refractivity contribution >= 4 is 22.5 Å². The molecule has 2 aromatic carbocycles. The number of benzene rings is 2. The zero-order valence-corrected chi connectivity index (χ0v) is 14.9. The number of rotatable bonds is 5. The highest BCUT2D eigenvalue weighted by Gasteiger charge is 2.17. The number of aromatic amines is 1. The summed E-state index contributed by atoms with van der Waals surface area (Å²) < 4.78 is 11.1. The number of para-hydroxylation sites is 1. The van der Waals surface area contributed by atoms with Gasteiger partial charge in [-0.05, 0) is 37.3 Å². The number of ether oxygens (including phenoxy) is 1. The average Bonchev–Trinajstić information content (AvgIpc) is 3.28. The molecule has 136 valence electrons. The number of anilines is 1. The Morgan fingerprint density at radius 2 is 2.11 bits per heavy atom. The van der Waals surface area contributed by atoms with Crippen LogP contribution in [0.15, 0.2) is 53.1 Å². The van der Waals surface area contributed by atoms with Crippen LogP contribution in [0.25, 0.3) is 22.4 Å². The van der Waals surface area contributed by atoms with Gasteiger partial charge in [0.2, 0.25) is 11.8 Å². The molecule has 0 saturated carbocycles. The minimum Gasteiger partial charge on any atom is -0.496 e. The summed E-state index contributed by atoms with van der Waals surface area (Å²) >= 11 is 0. The minimum absolute atomic E-state index is 0.117. The SMILES string of the molecule is COc1ccccc1-c1nc(CC(=O)Nc2ccc3cn[nH]c3c2)c(C)o1. The molecular weight excluding hydrogens is 344 g/mol. The van der Waals surface area contributed by atoms with Gasteiger partial charge in [-0.3, -0.25) is 9.89 Å². The van der Waals surface area contributed by atoms with E-state index in [4.69, 9.17) is 9.15 Å². The Hall–Kier alpha value is -3.61. The van der Waals surface area contributed by atoms with E-state index in [-0.39, 0.29) is 12.3 Å². The van der Waals surface area contributed by atoms with Crippen LogP contribution in [0.5, 0.6) is 5.75 Å². The number of hydrogen-bond acceptors (Lipinski definition) is 5. The predicted octanol–water partition coefficient (Wildman–Crippen LogP) is 3.72. The first-order valence-corrected chi connectivity index (χ1v) is 8.46. The van der Waals surface area contributed by atoms with Crippen LogP contribution in [0.4, 0.5) is 5.69 Å². The van der Waals surface area contributed by atoms with Crippen molar-refractivity contribution in [1.29, 1.82) is 0 Å². The number of H-pyrrole nitrogens is 1. The molecule has 0 radical (unpaired) electrons. The fourth-order valence-corrected chi connectivity index (χ4v) is 2.90. The van der Waals surface area contributed by atoms with E-state index in [0.29, 0.717) is 28.8 Å². The molecule has 0 aliphatic carbocycles. The molecular formula is C20H18N4O3. The Balaban J connectivity index is 1.52. The van der Waals surface area contributed by atoms with Gasteiger partial charge >= 0.3 is 0 Å². The van der Waals surface area contributed by atoms with Crippen LogP contribution in [-0.4, -0.2) is 28.2 Å². The van der Waals surface area contributed by atoms with Crippen LogP contribution < -0.4 is 10.1 Å². The summed E-state index contributed by atoms with van der Waals surface area (Å²) in [6, 6.07) is 13.1. The minimum atomic E-state index is -0.170. The molecule has 4 aromatic rings.